The first-order valence-corrected chi connectivity index (χ1v) is 9.52. The summed E-state index contributed by atoms with van der Waals surface area (Å²) >= 11 is 6.96. The molecule has 0 spiro atoms. The number of ether oxygens (including phenoxy) is 1. The van der Waals surface area contributed by atoms with E-state index in [0.717, 1.165) is 29.6 Å². The molecule has 0 amide bonds. The molecule has 0 radical (unpaired) electrons. The number of thioether (sulfide) groups is 2. The van der Waals surface area contributed by atoms with Crippen LogP contribution in [0.4, 0.5) is 0 Å². The monoisotopic (exact) mass is 456 g/mol. The average Bonchev–Trinajstić information content (AvgIpc) is 2.59. The van der Waals surface area contributed by atoms with E-state index in [0.29, 0.717) is 3.53 Å². The third-order valence-electron chi connectivity index (χ3n) is 2.40. The minimum Gasteiger partial charge on any atom is -0.480 e. The summed E-state index contributed by atoms with van der Waals surface area (Å²) in [6, 6.07) is 0. The van der Waals surface area contributed by atoms with Gasteiger partial charge in [0.1, 0.15) is 19.1 Å². The summed E-state index contributed by atoms with van der Waals surface area (Å²) in [6.07, 6.45) is 7.87. The van der Waals surface area contributed by atoms with E-state index in [1.54, 1.807) is 0 Å². The number of rotatable bonds is 5. The molecule has 6 nitrogen and oxygen atoms in total. The van der Waals surface area contributed by atoms with E-state index < -0.39 is 27.4 Å². The number of carboxylic acid groups (broad SMARTS) is 2. The van der Waals surface area contributed by atoms with Crippen LogP contribution in [0.2, 0.25) is 0 Å². The predicted octanol–water partition coefficient (Wildman–Crippen LogP) is 3.52. The highest BCUT2D eigenvalue weighted by Crippen LogP contribution is 2.36. The summed E-state index contributed by atoms with van der Waals surface area (Å²) in [5, 5.41) is 17.8. The lowest BCUT2D eigenvalue weighted by atomic mass is 10.2. The van der Waals surface area contributed by atoms with Crippen molar-refractivity contribution in [2.75, 3.05) is 0 Å². The minimum atomic E-state index is -1.04. The fourth-order valence-electron chi connectivity index (χ4n) is 0.798. The molecular formula is C20H24O6S3. The van der Waals surface area contributed by atoms with Crippen molar-refractivity contribution in [3.8, 4) is 48.1 Å². The second kappa shape index (κ2) is 14.2. The fourth-order valence-corrected chi connectivity index (χ4v) is 4.47. The number of carbonyl (C=O) groups is 3. The van der Waals surface area contributed by atoms with Gasteiger partial charge in [-0.05, 0) is 45.5 Å². The van der Waals surface area contributed by atoms with Gasteiger partial charge in [0.05, 0.1) is 0 Å². The first kappa shape index (κ1) is 28.4. The Morgan fingerprint density at radius 3 is 1.79 bits per heavy atom. The molecule has 0 bridgehead atoms. The lowest BCUT2D eigenvalue weighted by Gasteiger charge is -2.22. The van der Waals surface area contributed by atoms with E-state index in [1.807, 2.05) is 6.11 Å². The zero-order valence-electron chi connectivity index (χ0n) is 16.1. The molecule has 2 N–H and O–H groups in total. The molecule has 0 rings (SSSR count). The topological polar surface area (TPSA) is 101 Å². The van der Waals surface area contributed by atoms with Crippen molar-refractivity contribution in [3.63, 3.8) is 0 Å². The zero-order chi connectivity index (χ0) is 23.1. The maximum atomic E-state index is 10.8. The quantitative estimate of drug-likeness (QED) is 0.278. The number of terminal acetylenes is 1. The molecule has 29 heavy (non-hydrogen) atoms. The van der Waals surface area contributed by atoms with Gasteiger partial charge in [0.15, 0.2) is 0 Å². The number of carboxylic acids is 2. The van der Waals surface area contributed by atoms with Gasteiger partial charge < -0.3 is 14.9 Å². The molecule has 0 saturated carbocycles. The summed E-state index contributed by atoms with van der Waals surface area (Å²) < 4.78 is 2.52. The maximum Gasteiger partial charge on any atom is 0.344 e. The molecule has 0 fully saturated rings. The first-order valence-electron chi connectivity index (χ1n) is 7.47. The van der Waals surface area contributed by atoms with Gasteiger partial charge in [-0.2, -0.15) is 0 Å². The Morgan fingerprint density at radius 2 is 1.41 bits per heavy atom. The van der Waals surface area contributed by atoms with Crippen molar-refractivity contribution in [2.45, 2.75) is 37.2 Å². The highest BCUT2D eigenvalue weighted by Gasteiger charge is 2.34. The zero-order valence-corrected chi connectivity index (χ0v) is 18.6. The van der Waals surface area contributed by atoms with Crippen molar-refractivity contribution in [1.29, 1.82) is 0 Å². The van der Waals surface area contributed by atoms with Crippen LogP contribution in [0.1, 0.15) is 32.0 Å². The van der Waals surface area contributed by atoms with Crippen molar-refractivity contribution < 1.29 is 33.6 Å². The van der Waals surface area contributed by atoms with Gasteiger partial charge in [0.2, 0.25) is 0 Å². The molecule has 9 heteroatoms. The summed E-state index contributed by atoms with van der Waals surface area (Å²) in [5.74, 6) is 11.0. The third kappa shape index (κ3) is 14.9. The van der Waals surface area contributed by atoms with E-state index in [2.05, 4.69) is 46.8 Å². The van der Waals surface area contributed by atoms with Crippen molar-refractivity contribution >= 4 is 57.2 Å². The normalized spacial score (nSPS) is 9.07. The Morgan fingerprint density at radius 1 is 1.00 bits per heavy atom. The maximum absolute atomic E-state index is 10.8. The van der Waals surface area contributed by atoms with Crippen LogP contribution in [0.25, 0.3) is 0 Å². The third-order valence-corrected chi connectivity index (χ3v) is 5.10. The van der Waals surface area contributed by atoms with E-state index in [4.69, 9.17) is 28.9 Å². The van der Waals surface area contributed by atoms with E-state index in [-0.39, 0.29) is 4.28 Å². The van der Waals surface area contributed by atoms with Crippen LogP contribution in [-0.2, 0) is 19.1 Å². The highest BCUT2D eigenvalue weighted by molar-refractivity contribution is 8.48. The Kier molecular flexibility index (Phi) is 13.9. The summed E-state index contributed by atoms with van der Waals surface area (Å²) in [6.45, 7) is 9.29. The van der Waals surface area contributed by atoms with Gasteiger partial charge >= 0.3 is 17.9 Å². The fraction of sp³-hybridized carbons (Fsp3) is 0.300. The molecule has 0 heterocycles. The van der Waals surface area contributed by atoms with E-state index >= 15 is 0 Å². The highest BCUT2D eigenvalue weighted by atomic mass is 32.2. The van der Waals surface area contributed by atoms with Crippen LogP contribution in [-0.4, -0.2) is 41.1 Å². The number of hydrogen-bond donors (Lipinski definition) is 2. The SMILES string of the molecule is C#CC#CC#CC#COC(=O)C=C.CC(C)(SC(=S)SC(C)(C)C(=O)O)C(=O)O.[HH].[HH].[HH]. The predicted molar refractivity (Wildman–Crippen MR) is 126 cm³/mol. The molecular weight excluding hydrogens is 432 g/mol. The molecule has 0 unspecified atom stereocenters. The lowest BCUT2D eigenvalue weighted by molar-refractivity contribution is -0.139. The van der Waals surface area contributed by atoms with Gasteiger partial charge in [-0.1, -0.05) is 42.3 Å². The second-order valence-electron chi connectivity index (χ2n) is 5.58. The largest absolute Gasteiger partial charge is 0.480 e. The van der Waals surface area contributed by atoms with Gasteiger partial charge in [-0.15, -0.1) is 6.42 Å². The molecule has 0 aliphatic carbocycles. The van der Waals surface area contributed by atoms with Gasteiger partial charge in [-0.25, -0.2) is 4.79 Å². The molecule has 158 valence electrons. The molecule has 0 aromatic heterocycles. The minimum absolute atomic E-state index is 0. The van der Waals surface area contributed by atoms with Crippen LogP contribution in [0.5, 0.6) is 0 Å². The van der Waals surface area contributed by atoms with E-state index in [9.17, 15) is 14.4 Å². The number of carbonyl (C=O) groups excluding carboxylic acids is 1. The van der Waals surface area contributed by atoms with Crippen LogP contribution >= 0.6 is 35.7 Å². The number of esters is 1. The molecule has 0 aromatic carbocycles. The van der Waals surface area contributed by atoms with Gasteiger partial charge in [-0.3, -0.25) is 9.59 Å². The Labute approximate surface area is 188 Å². The Hall–Kier alpha value is -2.82. The summed E-state index contributed by atoms with van der Waals surface area (Å²) in [7, 11) is 0. The Bertz CT molecular complexity index is 875. The standard InChI is InChI=1S/C11H4O2.C9H14O4S3.3H2/c1-3-5-6-7-8-9-10-13-11(12)4-2;1-8(2,5(10)11)15-7(14)16-9(3,4)6(12)13;;;/h1,4H,2H2;1-4H3,(H,10,11)(H,12,13);3*1H. The number of aliphatic carboxylic acids is 2. The van der Waals surface area contributed by atoms with Crippen molar-refractivity contribution in [3.05, 3.63) is 12.7 Å². The van der Waals surface area contributed by atoms with E-state index in [1.165, 1.54) is 27.7 Å². The number of hydrogen-bond acceptors (Lipinski definition) is 7. The molecule has 0 saturated heterocycles. The summed E-state index contributed by atoms with van der Waals surface area (Å²) in [4.78, 5) is 32.1. The van der Waals surface area contributed by atoms with Gasteiger partial charge in [0.25, 0.3) is 0 Å². The van der Waals surface area contributed by atoms with Crippen molar-refractivity contribution in [1.82, 2.24) is 0 Å². The Balaban J connectivity index is -0.000000141. The van der Waals surface area contributed by atoms with Crippen LogP contribution < -0.4 is 0 Å². The summed E-state index contributed by atoms with van der Waals surface area (Å²) in [5.41, 5.74) is 0. The van der Waals surface area contributed by atoms with Crippen LogP contribution in [0.3, 0.4) is 0 Å². The molecule has 0 aromatic rings. The number of thiocarbonyl (C=S) groups is 1. The van der Waals surface area contributed by atoms with Gasteiger partial charge in [0, 0.05) is 28.1 Å². The molecule has 0 aliphatic heterocycles. The molecule has 0 atom stereocenters. The average molecular weight is 457 g/mol. The molecule has 0 aliphatic rings. The van der Waals surface area contributed by atoms with Crippen LogP contribution in [0, 0.1) is 48.1 Å². The smallest absolute Gasteiger partial charge is 0.344 e. The van der Waals surface area contributed by atoms with Crippen molar-refractivity contribution in [2.24, 2.45) is 0 Å². The lowest BCUT2D eigenvalue weighted by Crippen LogP contribution is -2.31. The first-order chi connectivity index (χ1) is 13.3. The van der Waals surface area contributed by atoms with Crippen LogP contribution in [0.15, 0.2) is 12.7 Å². The second-order valence-corrected chi connectivity index (χ2v) is 10.0.